The van der Waals surface area contributed by atoms with E-state index in [2.05, 4.69) is 40.0 Å². The molecule has 0 aromatic heterocycles. The molecule has 0 aliphatic heterocycles. The molecular formula is C20H27NO. The van der Waals surface area contributed by atoms with Crippen LogP contribution in [0.3, 0.4) is 0 Å². The second-order valence-electron chi connectivity index (χ2n) is 5.18. The van der Waals surface area contributed by atoms with Crippen molar-refractivity contribution in [1.82, 2.24) is 0 Å². The first-order valence-electron chi connectivity index (χ1n) is 7.44. The van der Waals surface area contributed by atoms with Gasteiger partial charge in [0.1, 0.15) is 11.5 Å². The third kappa shape index (κ3) is 5.61. The molecule has 0 amide bonds. The Hall–Kier alpha value is -2.27. The van der Waals surface area contributed by atoms with Gasteiger partial charge in [0, 0.05) is 5.57 Å². The molecule has 0 atom stereocenters. The fraction of sp³-hybridized carbons (Fsp3) is 0.350. The minimum absolute atomic E-state index is 0.467. The van der Waals surface area contributed by atoms with Crippen LogP contribution in [0.1, 0.15) is 48.0 Å². The molecule has 22 heavy (non-hydrogen) atoms. The maximum Gasteiger partial charge on any atom is 0.124 e. The standard InChI is InChI=1S/C20H27NO/c1-9-15(6)16(7)20(14(4)5)17(8)22-19(11-3)12-18(10-2)13-21/h10-12H,2,4,9H2,1,3,5-8H3/b16-15+,18-12+,19-11+,20-17-. The van der Waals surface area contributed by atoms with Gasteiger partial charge < -0.3 is 4.74 Å². The summed E-state index contributed by atoms with van der Waals surface area (Å²) in [6.45, 7) is 19.8. The number of nitriles is 1. The molecule has 118 valence electrons. The van der Waals surface area contributed by atoms with Crippen LogP contribution < -0.4 is 0 Å². The summed E-state index contributed by atoms with van der Waals surface area (Å²) in [6, 6.07) is 2.07. The molecule has 0 aromatic rings. The van der Waals surface area contributed by atoms with E-state index in [4.69, 9.17) is 10.00 Å². The third-order valence-electron chi connectivity index (χ3n) is 3.53. The average Bonchev–Trinajstić information content (AvgIpc) is 2.49. The first-order chi connectivity index (χ1) is 10.3. The maximum absolute atomic E-state index is 8.99. The van der Waals surface area contributed by atoms with E-state index < -0.39 is 0 Å². The van der Waals surface area contributed by atoms with Crippen molar-refractivity contribution < 1.29 is 4.74 Å². The topological polar surface area (TPSA) is 33.0 Å². The highest BCUT2D eigenvalue weighted by Gasteiger charge is 2.11. The summed E-state index contributed by atoms with van der Waals surface area (Å²) < 4.78 is 5.94. The number of hydrogen-bond donors (Lipinski definition) is 0. The van der Waals surface area contributed by atoms with Crippen molar-refractivity contribution in [2.75, 3.05) is 0 Å². The summed E-state index contributed by atoms with van der Waals surface area (Å²) in [5.41, 5.74) is 4.96. The fourth-order valence-corrected chi connectivity index (χ4v) is 2.05. The van der Waals surface area contributed by atoms with Gasteiger partial charge in [0.05, 0.1) is 11.6 Å². The highest BCUT2D eigenvalue weighted by Crippen LogP contribution is 2.27. The zero-order valence-electron chi connectivity index (χ0n) is 14.7. The Balaban J connectivity index is 5.82. The van der Waals surface area contributed by atoms with Crippen LogP contribution in [0.25, 0.3) is 0 Å². The lowest BCUT2D eigenvalue weighted by atomic mass is 9.95. The summed E-state index contributed by atoms with van der Waals surface area (Å²) in [7, 11) is 0. The second kappa shape index (κ2) is 9.63. The predicted molar refractivity (Wildman–Crippen MR) is 94.9 cm³/mol. The van der Waals surface area contributed by atoms with Gasteiger partial charge in [-0.15, -0.1) is 0 Å². The quantitative estimate of drug-likeness (QED) is 0.321. The lowest BCUT2D eigenvalue weighted by Gasteiger charge is -2.17. The summed E-state index contributed by atoms with van der Waals surface area (Å²) in [6.07, 6.45) is 6.00. The first-order valence-corrected chi connectivity index (χ1v) is 7.44. The van der Waals surface area contributed by atoms with E-state index in [9.17, 15) is 0 Å². The molecule has 0 aliphatic carbocycles. The minimum Gasteiger partial charge on any atom is -0.462 e. The van der Waals surface area contributed by atoms with Gasteiger partial charge in [-0.1, -0.05) is 31.7 Å². The zero-order valence-corrected chi connectivity index (χ0v) is 14.7. The Kier molecular flexibility index (Phi) is 8.63. The highest BCUT2D eigenvalue weighted by atomic mass is 16.5. The van der Waals surface area contributed by atoms with Crippen molar-refractivity contribution in [1.29, 1.82) is 5.26 Å². The molecule has 2 nitrogen and oxygen atoms in total. The highest BCUT2D eigenvalue weighted by molar-refractivity contribution is 5.47. The van der Waals surface area contributed by atoms with Crippen molar-refractivity contribution in [3.63, 3.8) is 0 Å². The van der Waals surface area contributed by atoms with Gasteiger partial charge in [-0.25, -0.2) is 0 Å². The van der Waals surface area contributed by atoms with E-state index in [-0.39, 0.29) is 0 Å². The molecular weight excluding hydrogens is 270 g/mol. The van der Waals surface area contributed by atoms with E-state index in [1.807, 2.05) is 26.8 Å². The van der Waals surface area contributed by atoms with Crippen LogP contribution in [0.15, 0.2) is 70.8 Å². The van der Waals surface area contributed by atoms with Gasteiger partial charge in [-0.2, -0.15) is 5.26 Å². The lowest BCUT2D eigenvalue weighted by Crippen LogP contribution is -1.99. The van der Waals surface area contributed by atoms with Crippen molar-refractivity contribution in [3.8, 4) is 6.07 Å². The Bertz CT molecular complexity index is 604. The number of hydrogen-bond acceptors (Lipinski definition) is 2. The number of allylic oxidation sites excluding steroid dienone is 9. The molecule has 0 rings (SSSR count). The minimum atomic E-state index is 0.467. The molecule has 0 aromatic carbocycles. The van der Waals surface area contributed by atoms with Gasteiger partial charge in [0.2, 0.25) is 0 Å². The average molecular weight is 297 g/mol. The molecule has 0 N–H and O–H groups in total. The molecule has 0 aliphatic rings. The molecule has 0 fully saturated rings. The third-order valence-corrected chi connectivity index (χ3v) is 3.53. The summed E-state index contributed by atoms with van der Waals surface area (Å²) in [5.74, 6) is 1.40. The Labute approximate surface area is 135 Å². The van der Waals surface area contributed by atoms with E-state index in [1.54, 1.807) is 6.08 Å². The van der Waals surface area contributed by atoms with Crippen LogP contribution in [0, 0.1) is 11.3 Å². The summed E-state index contributed by atoms with van der Waals surface area (Å²) in [5, 5.41) is 8.99. The van der Waals surface area contributed by atoms with Crippen LogP contribution in [0.2, 0.25) is 0 Å². The number of rotatable bonds is 7. The van der Waals surface area contributed by atoms with E-state index in [0.29, 0.717) is 11.3 Å². The predicted octanol–water partition coefficient (Wildman–Crippen LogP) is 6.14. The molecule has 2 heteroatoms. The smallest absolute Gasteiger partial charge is 0.124 e. The molecule has 0 heterocycles. The monoisotopic (exact) mass is 297 g/mol. The molecule has 0 saturated heterocycles. The van der Waals surface area contributed by atoms with Crippen molar-refractivity contribution >= 4 is 0 Å². The van der Waals surface area contributed by atoms with E-state index >= 15 is 0 Å². The second-order valence-corrected chi connectivity index (χ2v) is 5.18. The van der Waals surface area contributed by atoms with Gasteiger partial charge in [-0.3, -0.25) is 0 Å². The SMILES string of the molecule is C=C/C(C#N)=C\C(=C/C)O/C(C)=C(C(=C)C)\C(C)=C(/C)CC. The van der Waals surface area contributed by atoms with Crippen LogP contribution in [-0.4, -0.2) is 0 Å². The summed E-state index contributed by atoms with van der Waals surface area (Å²) >= 11 is 0. The Morgan fingerprint density at radius 3 is 2.18 bits per heavy atom. The molecule has 0 spiro atoms. The van der Waals surface area contributed by atoms with Crippen LogP contribution >= 0.6 is 0 Å². The number of ether oxygens (including phenoxy) is 1. The van der Waals surface area contributed by atoms with Crippen LogP contribution in [-0.2, 0) is 4.74 Å². The fourth-order valence-electron chi connectivity index (χ4n) is 2.05. The van der Waals surface area contributed by atoms with Crippen molar-refractivity contribution in [2.24, 2.45) is 0 Å². The van der Waals surface area contributed by atoms with E-state index in [0.717, 1.165) is 23.3 Å². The maximum atomic E-state index is 8.99. The van der Waals surface area contributed by atoms with Crippen molar-refractivity contribution in [3.05, 3.63) is 70.8 Å². The zero-order chi connectivity index (χ0) is 17.3. The first kappa shape index (κ1) is 19.7. The normalized spacial score (nSPS) is 14.6. The van der Waals surface area contributed by atoms with Gasteiger partial charge in [0.25, 0.3) is 0 Å². The molecule has 0 bridgehead atoms. The van der Waals surface area contributed by atoms with Crippen molar-refractivity contribution in [2.45, 2.75) is 48.0 Å². The lowest BCUT2D eigenvalue weighted by molar-refractivity contribution is 0.318. The Morgan fingerprint density at radius 1 is 1.23 bits per heavy atom. The molecule has 0 radical (unpaired) electrons. The van der Waals surface area contributed by atoms with Gasteiger partial charge >= 0.3 is 0 Å². The van der Waals surface area contributed by atoms with E-state index in [1.165, 1.54) is 17.2 Å². The van der Waals surface area contributed by atoms with Gasteiger partial charge in [-0.05, 0) is 64.3 Å². The van der Waals surface area contributed by atoms with Crippen LogP contribution in [0.5, 0.6) is 0 Å². The van der Waals surface area contributed by atoms with Gasteiger partial charge in [0.15, 0.2) is 0 Å². The summed E-state index contributed by atoms with van der Waals surface area (Å²) in [4.78, 5) is 0. The number of nitrogens with zero attached hydrogens (tertiary/aromatic N) is 1. The molecule has 0 saturated carbocycles. The molecule has 0 unspecified atom stereocenters. The Morgan fingerprint density at radius 2 is 1.82 bits per heavy atom. The largest absolute Gasteiger partial charge is 0.462 e. The van der Waals surface area contributed by atoms with Crippen LogP contribution in [0.4, 0.5) is 0 Å².